The number of carboxylic acids is 1. The molecule has 0 spiro atoms. The molecule has 0 heterocycles. The SMILES string of the molecule is COc1ccc(C(=O)O)cc1NC(C)c1ccccc1F. The number of anilines is 1. The number of carbonyl (C=O) groups is 1. The van der Waals surface area contributed by atoms with Crippen molar-refractivity contribution in [2.75, 3.05) is 12.4 Å². The maximum atomic E-state index is 13.8. The van der Waals surface area contributed by atoms with Crippen LogP contribution in [0.1, 0.15) is 28.9 Å². The van der Waals surface area contributed by atoms with E-state index in [1.807, 2.05) is 0 Å². The highest BCUT2D eigenvalue weighted by atomic mass is 19.1. The number of hydrogen-bond acceptors (Lipinski definition) is 3. The van der Waals surface area contributed by atoms with Crippen LogP contribution >= 0.6 is 0 Å². The normalized spacial score (nSPS) is 11.8. The molecule has 2 N–H and O–H groups in total. The van der Waals surface area contributed by atoms with E-state index >= 15 is 0 Å². The number of rotatable bonds is 5. The molecule has 0 saturated heterocycles. The number of hydrogen-bond donors (Lipinski definition) is 2. The van der Waals surface area contributed by atoms with Crippen LogP contribution in [-0.2, 0) is 0 Å². The molecular weight excluding hydrogens is 273 g/mol. The lowest BCUT2D eigenvalue weighted by molar-refractivity contribution is 0.0697. The lowest BCUT2D eigenvalue weighted by atomic mass is 10.1. The first-order chi connectivity index (χ1) is 10.0. The molecule has 2 aromatic rings. The van der Waals surface area contributed by atoms with Crippen LogP contribution in [0.3, 0.4) is 0 Å². The topological polar surface area (TPSA) is 58.6 Å². The Labute approximate surface area is 122 Å². The second kappa shape index (κ2) is 6.26. The Hall–Kier alpha value is -2.56. The van der Waals surface area contributed by atoms with Crippen LogP contribution in [0.15, 0.2) is 42.5 Å². The summed E-state index contributed by atoms with van der Waals surface area (Å²) in [6.45, 7) is 1.80. The molecule has 0 amide bonds. The highest BCUT2D eigenvalue weighted by Gasteiger charge is 2.14. The number of methoxy groups -OCH3 is 1. The number of nitrogens with one attached hydrogen (secondary N) is 1. The largest absolute Gasteiger partial charge is 0.495 e. The maximum absolute atomic E-state index is 13.8. The van der Waals surface area contributed by atoms with Crippen molar-refractivity contribution in [3.63, 3.8) is 0 Å². The Bertz CT molecular complexity index is 658. The number of ether oxygens (including phenoxy) is 1. The first-order valence-corrected chi connectivity index (χ1v) is 6.45. The van der Waals surface area contributed by atoms with Gasteiger partial charge in [-0.3, -0.25) is 0 Å². The zero-order chi connectivity index (χ0) is 15.4. The van der Waals surface area contributed by atoms with Crippen molar-refractivity contribution >= 4 is 11.7 Å². The highest BCUT2D eigenvalue weighted by Crippen LogP contribution is 2.30. The number of halogens is 1. The fraction of sp³-hybridized carbons (Fsp3) is 0.188. The van der Waals surface area contributed by atoms with Gasteiger partial charge in [0, 0.05) is 5.56 Å². The third kappa shape index (κ3) is 3.31. The average Bonchev–Trinajstić information content (AvgIpc) is 2.47. The molecule has 0 aliphatic rings. The molecular formula is C16H16FNO3. The van der Waals surface area contributed by atoms with Gasteiger partial charge in [-0.15, -0.1) is 0 Å². The lowest BCUT2D eigenvalue weighted by Gasteiger charge is -2.18. The Balaban J connectivity index is 2.31. The van der Waals surface area contributed by atoms with Crippen LogP contribution in [-0.4, -0.2) is 18.2 Å². The van der Waals surface area contributed by atoms with Crippen molar-refractivity contribution in [2.24, 2.45) is 0 Å². The molecule has 110 valence electrons. The van der Waals surface area contributed by atoms with Gasteiger partial charge >= 0.3 is 5.97 Å². The molecule has 21 heavy (non-hydrogen) atoms. The van der Waals surface area contributed by atoms with Gasteiger partial charge in [-0.25, -0.2) is 9.18 Å². The molecule has 2 rings (SSSR count). The van der Waals surface area contributed by atoms with Crippen LogP contribution in [0.5, 0.6) is 5.75 Å². The predicted octanol–water partition coefficient (Wildman–Crippen LogP) is 3.71. The fourth-order valence-electron chi connectivity index (χ4n) is 2.09. The van der Waals surface area contributed by atoms with Gasteiger partial charge in [0.2, 0.25) is 0 Å². The van der Waals surface area contributed by atoms with Crippen molar-refractivity contribution < 1.29 is 19.0 Å². The van der Waals surface area contributed by atoms with Gasteiger partial charge in [-0.05, 0) is 31.2 Å². The Kier molecular flexibility index (Phi) is 4.42. The Morgan fingerprint density at radius 3 is 2.62 bits per heavy atom. The van der Waals surface area contributed by atoms with E-state index < -0.39 is 5.97 Å². The van der Waals surface area contributed by atoms with E-state index in [-0.39, 0.29) is 17.4 Å². The third-order valence-electron chi connectivity index (χ3n) is 3.19. The fourth-order valence-corrected chi connectivity index (χ4v) is 2.09. The van der Waals surface area contributed by atoms with E-state index in [0.29, 0.717) is 17.0 Å². The van der Waals surface area contributed by atoms with Crippen molar-refractivity contribution in [3.8, 4) is 5.75 Å². The van der Waals surface area contributed by atoms with Gasteiger partial charge in [-0.2, -0.15) is 0 Å². The minimum atomic E-state index is -1.03. The molecule has 5 heteroatoms. The average molecular weight is 289 g/mol. The van der Waals surface area contributed by atoms with Crippen LogP contribution in [0.4, 0.5) is 10.1 Å². The molecule has 1 unspecified atom stereocenters. The smallest absolute Gasteiger partial charge is 0.335 e. The van der Waals surface area contributed by atoms with Gasteiger partial charge < -0.3 is 15.2 Å². The summed E-state index contributed by atoms with van der Waals surface area (Å²) in [6, 6.07) is 10.6. The van der Waals surface area contributed by atoms with E-state index in [0.717, 1.165) is 0 Å². The van der Waals surface area contributed by atoms with Crippen LogP contribution in [0.2, 0.25) is 0 Å². The molecule has 0 saturated carbocycles. The van der Waals surface area contributed by atoms with Crippen LogP contribution in [0.25, 0.3) is 0 Å². The van der Waals surface area contributed by atoms with E-state index in [2.05, 4.69) is 5.32 Å². The summed E-state index contributed by atoms with van der Waals surface area (Å²) < 4.78 is 19.0. The van der Waals surface area contributed by atoms with E-state index in [9.17, 15) is 9.18 Å². The summed E-state index contributed by atoms with van der Waals surface area (Å²) in [5.41, 5.74) is 1.15. The minimum absolute atomic E-state index is 0.138. The second-order valence-electron chi connectivity index (χ2n) is 4.61. The number of benzene rings is 2. The minimum Gasteiger partial charge on any atom is -0.495 e. The maximum Gasteiger partial charge on any atom is 0.335 e. The van der Waals surface area contributed by atoms with Crippen molar-refractivity contribution in [2.45, 2.75) is 13.0 Å². The molecule has 0 aromatic heterocycles. The Morgan fingerprint density at radius 1 is 1.29 bits per heavy atom. The Morgan fingerprint density at radius 2 is 2.00 bits per heavy atom. The monoisotopic (exact) mass is 289 g/mol. The zero-order valence-electron chi connectivity index (χ0n) is 11.8. The van der Waals surface area contributed by atoms with Crippen molar-refractivity contribution in [1.29, 1.82) is 0 Å². The van der Waals surface area contributed by atoms with Gasteiger partial charge in [-0.1, -0.05) is 18.2 Å². The van der Waals surface area contributed by atoms with E-state index in [4.69, 9.17) is 9.84 Å². The van der Waals surface area contributed by atoms with E-state index in [1.54, 1.807) is 31.2 Å². The summed E-state index contributed by atoms with van der Waals surface area (Å²) in [4.78, 5) is 11.0. The molecule has 4 nitrogen and oxygen atoms in total. The molecule has 0 radical (unpaired) electrons. The first kappa shape index (κ1) is 14.8. The van der Waals surface area contributed by atoms with Crippen molar-refractivity contribution in [1.82, 2.24) is 0 Å². The highest BCUT2D eigenvalue weighted by molar-refractivity contribution is 5.89. The van der Waals surface area contributed by atoms with Gasteiger partial charge in [0.25, 0.3) is 0 Å². The van der Waals surface area contributed by atoms with E-state index in [1.165, 1.54) is 25.3 Å². The summed E-state index contributed by atoms with van der Waals surface area (Å²) in [5, 5.41) is 12.1. The molecule has 0 aliphatic carbocycles. The quantitative estimate of drug-likeness (QED) is 0.881. The molecule has 2 aromatic carbocycles. The zero-order valence-corrected chi connectivity index (χ0v) is 11.8. The number of carboxylic acid groups (broad SMARTS) is 1. The van der Waals surface area contributed by atoms with Gasteiger partial charge in [0.15, 0.2) is 0 Å². The summed E-state index contributed by atoms with van der Waals surface area (Å²) >= 11 is 0. The van der Waals surface area contributed by atoms with Crippen molar-refractivity contribution in [3.05, 3.63) is 59.4 Å². The van der Waals surface area contributed by atoms with Crippen LogP contribution in [0, 0.1) is 5.82 Å². The second-order valence-corrected chi connectivity index (χ2v) is 4.61. The van der Waals surface area contributed by atoms with Gasteiger partial charge in [0.05, 0.1) is 24.4 Å². The summed E-state index contributed by atoms with van der Waals surface area (Å²) in [6.07, 6.45) is 0. The first-order valence-electron chi connectivity index (χ1n) is 6.45. The van der Waals surface area contributed by atoms with Gasteiger partial charge in [0.1, 0.15) is 11.6 Å². The number of aromatic carboxylic acids is 1. The third-order valence-corrected chi connectivity index (χ3v) is 3.19. The predicted molar refractivity (Wildman–Crippen MR) is 78.4 cm³/mol. The molecule has 1 atom stereocenters. The molecule has 0 aliphatic heterocycles. The lowest BCUT2D eigenvalue weighted by Crippen LogP contribution is -2.10. The molecule has 0 fully saturated rings. The summed E-state index contributed by atoms with van der Waals surface area (Å²) in [7, 11) is 1.49. The molecule has 0 bridgehead atoms. The summed E-state index contributed by atoms with van der Waals surface area (Å²) in [5.74, 6) is -0.840. The standard InChI is InChI=1S/C16H16FNO3/c1-10(12-5-3-4-6-13(12)17)18-14-9-11(16(19)20)7-8-15(14)21-2/h3-10,18H,1-2H3,(H,19,20). The van der Waals surface area contributed by atoms with Crippen LogP contribution < -0.4 is 10.1 Å².